The summed E-state index contributed by atoms with van der Waals surface area (Å²) in [5, 5.41) is 0. The quantitative estimate of drug-likeness (QED) is 0.197. The van der Waals surface area contributed by atoms with Gasteiger partial charge in [0.2, 0.25) is 0 Å². The molecule has 0 aliphatic rings. The maximum atomic E-state index is 13.2. The second-order valence-electron chi connectivity index (χ2n) is 8.67. The summed E-state index contributed by atoms with van der Waals surface area (Å²) in [4.78, 5) is 8.52. The number of alkyl halides is 3. The fourth-order valence-electron chi connectivity index (χ4n) is 3.49. The zero-order chi connectivity index (χ0) is 25.4. The molecule has 0 aliphatic carbocycles. The first kappa shape index (κ1) is 28.9. The van der Waals surface area contributed by atoms with Crippen LogP contribution in [0.1, 0.15) is 78.1 Å². The summed E-state index contributed by atoms with van der Waals surface area (Å²) in [6.45, 7) is 4.29. The van der Waals surface area contributed by atoms with E-state index in [1.165, 1.54) is 32.1 Å². The van der Waals surface area contributed by atoms with Crippen molar-refractivity contribution in [1.29, 1.82) is 0 Å². The Balaban J connectivity index is 1.76. The van der Waals surface area contributed by atoms with E-state index in [1.54, 1.807) is 36.7 Å². The van der Waals surface area contributed by atoms with Crippen LogP contribution in [0, 0.1) is 0 Å². The van der Waals surface area contributed by atoms with Crippen LogP contribution in [0.4, 0.5) is 13.2 Å². The Morgan fingerprint density at radius 2 is 1.29 bits per heavy atom. The molecule has 0 saturated heterocycles. The molecular formula is C27H39F3N2O3. The predicted molar refractivity (Wildman–Crippen MR) is 132 cm³/mol. The molecule has 35 heavy (non-hydrogen) atoms. The first-order valence-corrected chi connectivity index (χ1v) is 12.8. The minimum absolute atomic E-state index is 0.0685. The third kappa shape index (κ3) is 11.8. The Hall–Kier alpha value is -2.35. The third-order valence-electron chi connectivity index (χ3n) is 5.63. The molecule has 0 N–H and O–H groups in total. The topological polar surface area (TPSA) is 53.5 Å². The summed E-state index contributed by atoms with van der Waals surface area (Å²) >= 11 is 0. The van der Waals surface area contributed by atoms with Gasteiger partial charge in [-0.15, -0.1) is 0 Å². The fourth-order valence-corrected chi connectivity index (χ4v) is 3.49. The number of halogens is 3. The Kier molecular flexibility index (Phi) is 13.5. The minimum atomic E-state index is -4.47. The van der Waals surface area contributed by atoms with Gasteiger partial charge in [-0.3, -0.25) is 0 Å². The zero-order valence-electron chi connectivity index (χ0n) is 21.0. The van der Waals surface area contributed by atoms with Crippen LogP contribution in [0.3, 0.4) is 0 Å². The summed E-state index contributed by atoms with van der Waals surface area (Å²) in [5.74, 6) is 0.343. The van der Waals surface area contributed by atoms with Crippen LogP contribution in [-0.2, 0) is 4.74 Å². The molecule has 2 rings (SSSR count). The lowest BCUT2D eigenvalue weighted by molar-refractivity contribution is -0.227. The van der Waals surface area contributed by atoms with E-state index < -0.39 is 18.9 Å². The monoisotopic (exact) mass is 496 g/mol. The van der Waals surface area contributed by atoms with Crippen molar-refractivity contribution in [1.82, 2.24) is 9.97 Å². The molecule has 0 aliphatic heterocycles. The predicted octanol–water partition coefficient (Wildman–Crippen LogP) is 7.79. The molecule has 2 aromatic rings. The lowest BCUT2D eigenvalue weighted by Gasteiger charge is -2.21. The van der Waals surface area contributed by atoms with Gasteiger partial charge in [0.1, 0.15) is 12.4 Å². The van der Waals surface area contributed by atoms with Crippen molar-refractivity contribution >= 4 is 0 Å². The van der Waals surface area contributed by atoms with Crippen molar-refractivity contribution in [2.45, 2.75) is 90.3 Å². The number of nitrogens with zero attached hydrogens (tertiary/aromatic N) is 2. The molecule has 0 spiro atoms. The van der Waals surface area contributed by atoms with Gasteiger partial charge in [0.15, 0.2) is 6.10 Å². The fraction of sp³-hybridized carbons (Fsp3) is 0.630. The van der Waals surface area contributed by atoms with Crippen LogP contribution < -0.4 is 9.47 Å². The lowest BCUT2D eigenvalue weighted by Crippen LogP contribution is -2.37. The molecule has 8 heteroatoms. The normalized spacial score (nSPS) is 12.5. The Morgan fingerprint density at radius 3 is 1.91 bits per heavy atom. The molecule has 1 heterocycles. The van der Waals surface area contributed by atoms with E-state index in [0.29, 0.717) is 24.8 Å². The number of rotatable bonds is 18. The van der Waals surface area contributed by atoms with Crippen LogP contribution in [0.5, 0.6) is 11.8 Å². The number of hydrogen-bond acceptors (Lipinski definition) is 5. The van der Waals surface area contributed by atoms with E-state index in [-0.39, 0.29) is 6.61 Å². The Bertz CT molecular complexity index is 799. The average Bonchev–Trinajstić information content (AvgIpc) is 2.85. The zero-order valence-corrected chi connectivity index (χ0v) is 21.0. The van der Waals surface area contributed by atoms with Gasteiger partial charge in [0.05, 0.1) is 6.61 Å². The van der Waals surface area contributed by atoms with E-state index in [0.717, 1.165) is 36.8 Å². The largest absolute Gasteiger partial charge is 0.491 e. The molecule has 1 unspecified atom stereocenters. The van der Waals surface area contributed by atoms with Gasteiger partial charge in [-0.2, -0.15) is 13.2 Å². The molecule has 1 atom stereocenters. The number of aromatic nitrogens is 2. The Morgan fingerprint density at radius 1 is 0.714 bits per heavy atom. The van der Waals surface area contributed by atoms with Gasteiger partial charge < -0.3 is 14.2 Å². The van der Waals surface area contributed by atoms with E-state index in [9.17, 15) is 13.2 Å². The van der Waals surface area contributed by atoms with Gasteiger partial charge in [-0.25, -0.2) is 9.97 Å². The molecule has 196 valence electrons. The highest BCUT2D eigenvalue weighted by molar-refractivity contribution is 5.62. The highest BCUT2D eigenvalue weighted by Gasteiger charge is 2.41. The maximum Gasteiger partial charge on any atom is 0.417 e. The van der Waals surface area contributed by atoms with Crippen molar-refractivity contribution in [2.75, 3.05) is 19.8 Å². The molecule has 5 nitrogen and oxygen atoms in total. The summed E-state index contributed by atoms with van der Waals surface area (Å²) in [5.41, 5.74) is 1.62. The molecule has 0 fully saturated rings. The second-order valence-corrected chi connectivity index (χ2v) is 8.67. The van der Waals surface area contributed by atoms with E-state index in [2.05, 4.69) is 16.9 Å². The number of ether oxygens (including phenoxy) is 3. The van der Waals surface area contributed by atoms with Gasteiger partial charge in [0, 0.05) is 24.6 Å². The molecule has 0 bridgehead atoms. The maximum absolute atomic E-state index is 13.2. The van der Waals surface area contributed by atoms with Crippen molar-refractivity contribution in [3.05, 3.63) is 36.7 Å². The van der Waals surface area contributed by atoms with Crippen LogP contribution >= 0.6 is 0 Å². The van der Waals surface area contributed by atoms with Crippen LogP contribution in [0.15, 0.2) is 36.7 Å². The van der Waals surface area contributed by atoms with E-state index >= 15 is 0 Å². The summed E-state index contributed by atoms with van der Waals surface area (Å²) in [6, 6.07) is 7.13. The van der Waals surface area contributed by atoms with Gasteiger partial charge in [0.25, 0.3) is 0 Å². The highest BCUT2D eigenvalue weighted by atomic mass is 19.4. The van der Waals surface area contributed by atoms with Gasteiger partial charge >= 0.3 is 12.2 Å². The molecule has 0 radical (unpaired) electrons. The first-order chi connectivity index (χ1) is 16.9. The van der Waals surface area contributed by atoms with Crippen molar-refractivity contribution in [3.63, 3.8) is 0 Å². The van der Waals surface area contributed by atoms with E-state index in [1.807, 2.05) is 6.92 Å². The lowest BCUT2D eigenvalue weighted by atomic mass is 10.1. The van der Waals surface area contributed by atoms with Crippen molar-refractivity contribution in [2.24, 2.45) is 0 Å². The molecule has 0 amide bonds. The summed E-state index contributed by atoms with van der Waals surface area (Å²) < 4.78 is 55.6. The van der Waals surface area contributed by atoms with Crippen LogP contribution in [-0.4, -0.2) is 42.1 Å². The van der Waals surface area contributed by atoms with Gasteiger partial charge in [-0.05, 0) is 30.5 Å². The third-order valence-corrected chi connectivity index (χ3v) is 5.63. The average molecular weight is 497 g/mol. The smallest absolute Gasteiger partial charge is 0.417 e. The van der Waals surface area contributed by atoms with Crippen molar-refractivity contribution < 1.29 is 27.4 Å². The molecule has 0 saturated carbocycles. The van der Waals surface area contributed by atoms with Crippen LogP contribution in [0.25, 0.3) is 11.1 Å². The van der Waals surface area contributed by atoms with E-state index in [4.69, 9.17) is 14.2 Å². The van der Waals surface area contributed by atoms with Crippen LogP contribution in [0.2, 0.25) is 0 Å². The summed E-state index contributed by atoms with van der Waals surface area (Å²) in [7, 11) is 0. The molecular weight excluding hydrogens is 457 g/mol. The summed E-state index contributed by atoms with van der Waals surface area (Å²) in [6.07, 6.45) is 7.78. The minimum Gasteiger partial charge on any atom is -0.491 e. The number of hydrogen-bond donors (Lipinski definition) is 0. The molecule has 1 aromatic carbocycles. The second kappa shape index (κ2) is 16.3. The number of benzene rings is 1. The first-order valence-electron chi connectivity index (χ1n) is 12.8. The SMILES string of the molecule is CCCCCCCCCOc1ncc(-c2ccc(OCC(OCCCCC)C(F)(F)F)cc2)cn1. The molecule has 1 aromatic heterocycles. The van der Waals surface area contributed by atoms with Gasteiger partial charge in [-0.1, -0.05) is 77.3 Å². The number of unbranched alkanes of at least 4 members (excludes halogenated alkanes) is 8. The highest BCUT2D eigenvalue weighted by Crippen LogP contribution is 2.26. The Labute approximate surface area is 207 Å². The van der Waals surface area contributed by atoms with Crippen molar-refractivity contribution in [3.8, 4) is 22.9 Å². The standard InChI is InChI=1S/C27H39F3N2O3/c1-3-5-7-8-9-10-12-18-34-26-31-19-23(20-32-26)22-13-15-24(16-14-22)35-21-25(27(28,29)30)33-17-11-6-4-2/h13-16,19-20,25H,3-12,17-18,21H2,1-2H3.